The van der Waals surface area contributed by atoms with Crippen LogP contribution in [0.1, 0.15) is 32.7 Å². The first kappa shape index (κ1) is 18.6. The standard InChI is InChI=1S/C24H18O5/c25-21-19-13-7-8-14-20(19)22(26)24(21,17-9-3-1-4-10-17)15-16-28-23(27)29-18-11-5-2-6-12-18/h1-14H,15-16H2. The Kier molecular flexibility index (Phi) is 4.96. The SMILES string of the molecule is O=C(OCCC1(c2ccccc2)C(=O)c2ccccc2C1=O)Oc1ccccc1. The number of Topliss-reactive ketones (excluding diaryl/α,β-unsaturated/α-hetero) is 2. The van der Waals surface area contributed by atoms with Crippen molar-refractivity contribution in [2.24, 2.45) is 0 Å². The summed E-state index contributed by atoms with van der Waals surface area (Å²) in [4.78, 5) is 38.6. The summed E-state index contributed by atoms with van der Waals surface area (Å²) in [5, 5.41) is 0. The van der Waals surface area contributed by atoms with Gasteiger partial charge in [0.05, 0.1) is 6.61 Å². The first-order valence-electron chi connectivity index (χ1n) is 9.27. The van der Waals surface area contributed by atoms with Gasteiger partial charge in [0.25, 0.3) is 0 Å². The molecular weight excluding hydrogens is 368 g/mol. The van der Waals surface area contributed by atoms with Crippen LogP contribution in [0.2, 0.25) is 0 Å². The number of carbonyl (C=O) groups excluding carboxylic acids is 3. The first-order valence-corrected chi connectivity index (χ1v) is 9.27. The molecule has 1 aliphatic rings. The summed E-state index contributed by atoms with van der Waals surface area (Å²) in [6, 6.07) is 24.2. The van der Waals surface area contributed by atoms with Crippen molar-refractivity contribution in [1.82, 2.24) is 0 Å². The van der Waals surface area contributed by atoms with Crippen molar-refractivity contribution in [1.29, 1.82) is 0 Å². The Hall–Kier alpha value is -3.73. The molecule has 0 spiro atoms. The number of fused-ring (bicyclic) bond motifs is 1. The third kappa shape index (κ3) is 3.31. The van der Waals surface area contributed by atoms with Crippen molar-refractivity contribution >= 4 is 17.7 Å². The van der Waals surface area contributed by atoms with Gasteiger partial charge in [0.1, 0.15) is 11.2 Å². The van der Waals surface area contributed by atoms with E-state index in [0.29, 0.717) is 22.4 Å². The molecule has 0 fully saturated rings. The Labute approximate surface area is 167 Å². The molecule has 144 valence electrons. The van der Waals surface area contributed by atoms with Crippen molar-refractivity contribution in [3.05, 3.63) is 102 Å². The molecular formula is C24H18O5. The maximum atomic E-state index is 13.3. The molecule has 0 amide bonds. The van der Waals surface area contributed by atoms with Crippen molar-refractivity contribution in [3.63, 3.8) is 0 Å². The van der Waals surface area contributed by atoms with Crippen LogP contribution in [0.15, 0.2) is 84.9 Å². The Bertz CT molecular complexity index is 1020. The topological polar surface area (TPSA) is 69.7 Å². The number of benzene rings is 3. The Morgan fingerprint density at radius 2 is 1.24 bits per heavy atom. The van der Waals surface area contributed by atoms with Gasteiger partial charge in [0.15, 0.2) is 11.6 Å². The zero-order valence-corrected chi connectivity index (χ0v) is 15.5. The van der Waals surface area contributed by atoms with E-state index >= 15 is 0 Å². The average Bonchev–Trinajstić information content (AvgIpc) is 2.98. The monoisotopic (exact) mass is 386 g/mol. The minimum absolute atomic E-state index is 0.0350. The van der Waals surface area contributed by atoms with E-state index in [1.165, 1.54) is 0 Å². The number of hydrogen-bond donors (Lipinski definition) is 0. The number of hydrogen-bond acceptors (Lipinski definition) is 5. The summed E-state index contributed by atoms with van der Waals surface area (Å²) < 4.78 is 10.3. The van der Waals surface area contributed by atoms with E-state index < -0.39 is 11.6 Å². The van der Waals surface area contributed by atoms with Gasteiger partial charge in [-0.1, -0.05) is 72.8 Å². The molecule has 0 radical (unpaired) electrons. The molecule has 0 saturated heterocycles. The van der Waals surface area contributed by atoms with Gasteiger partial charge in [-0.05, 0) is 17.7 Å². The minimum Gasteiger partial charge on any atom is -0.434 e. The van der Waals surface area contributed by atoms with Gasteiger partial charge in [-0.3, -0.25) is 9.59 Å². The number of ketones is 2. The molecule has 29 heavy (non-hydrogen) atoms. The molecule has 0 N–H and O–H groups in total. The highest BCUT2D eigenvalue weighted by molar-refractivity contribution is 6.33. The summed E-state index contributed by atoms with van der Waals surface area (Å²) in [5.74, 6) is -0.190. The lowest BCUT2D eigenvalue weighted by atomic mass is 9.73. The lowest BCUT2D eigenvalue weighted by Gasteiger charge is -2.26. The molecule has 0 saturated carbocycles. The zero-order chi connectivity index (χ0) is 20.3. The zero-order valence-electron chi connectivity index (χ0n) is 15.5. The smallest absolute Gasteiger partial charge is 0.434 e. The van der Waals surface area contributed by atoms with Crippen molar-refractivity contribution in [3.8, 4) is 5.75 Å². The van der Waals surface area contributed by atoms with Gasteiger partial charge in [-0.15, -0.1) is 0 Å². The lowest BCUT2D eigenvalue weighted by Crippen LogP contribution is -2.40. The highest BCUT2D eigenvalue weighted by Crippen LogP contribution is 2.42. The molecule has 3 aromatic rings. The van der Waals surface area contributed by atoms with Crippen LogP contribution >= 0.6 is 0 Å². The second kappa shape index (κ2) is 7.72. The molecule has 1 aliphatic carbocycles. The fraction of sp³-hybridized carbons (Fsp3) is 0.125. The molecule has 0 unspecified atom stereocenters. The summed E-state index contributed by atoms with van der Waals surface area (Å²) in [6.45, 7) is -0.133. The average molecular weight is 386 g/mol. The Morgan fingerprint density at radius 3 is 1.83 bits per heavy atom. The van der Waals surface area contributed by atoms with E-state index in [0.717, 1.165) is 0 Å². The second-order valence-corrected chi connectivity index (χ2v) is 6.74. The molecule has 5 nitrogen and oxygen atoms in total. The van der Waals surface area contributed by atoms with Crippen LogP contribution in [-0.4, -0.2) is 24.3 Å². The molecule has 0 bridgehead atoms. The normalized spacial score (nSPS) is 14.3. The largest absolute Gasteiger partial charge is 0.513 e. The van der Waals surface area contributed by atoms with Crippen LogP contribution < -0.4 is 4.74 Å². The second-order valence-electron chi connectivity index (χ2n) is 6.74. The van der Waals surface area contributed by atoms with Gasteiger partial charge in [-0.2, -0.15) is 0 Å². The van der Waals surface area contributed by atoms with E-state index in [9.17, 15) is 14.4 Å². The fourth-order valence-electron chi connectivity index (χ4n) is 3.70. The molecule has 0 aromatic heterocycles. The van der Waals surface area contributed by atoms with Crippen molar-refractivity contribution in [2.45, 2.75) is 11.8 Å². The van der Waals surface area contributed by atoms with Crippen LogP contribution in [0.5, 0.6) is 5.75 Å². The van der Waals surface area contributed by atoms with Gasteiger partial charge in [0.2, 0.25) is 0 Å². The molecule has 3 aromatic carbocycles. The lowest BCUT2D eigenvalue weighted by molar-refractivity contribution is 0.0684. The first-order chi connectivity index (χ1) is 14.1. The molecule has 0 atom stereocenters. The number of para-hydroxylation sites is 1. The van der Waals surface area contributed by atoms with Gasteiger partial charge >= 0.3 is 6.16 Å². The minimum atomic E-state index is -1.40. The predicted molar refractivity (Wildman–Crippen MR) is 106 cm³/mol. The summed E-state index contributed by atoms with van der Waals surface area (Å²) >= 11 is 0. The van der Waals surface area contributed by atoms with Crippen LogP contribution in [0, 0.1) is 0 Å². The van der Waals surface area contributed by atoms with Gasteiger partial charge in [-0.25, -0.2) is 4.79 Å². The third-order valence-corrected chi connectivity index (χ3v) is 5.10. The van der Waals surface area contributed by atoms with Crippen LogP contribution in [0.25, 0.3) is 0 Å². The van der Waals surface area contributed by atoms with E-state index in [-0.39, 0.29) is 24.6 Å². The van der Waals surface area contributed by atoms with Crippen LogP contribution in [-0.2, 0) is 10.2 Å². The van der Waals surface area contributed by atoms with Crippen molar-refractivity contribution in [2.75, 3.05) is 6.61 Å². The number of rotatable bonds is 5. The maximum absolute atomic E-state index is 13.3. The summed E-state index contributed by atoms with van der Waals surface area (Å²) in [5.41, 5.74) is -0.0227. The van der Waals surface area contributed by atoms with Crippen molar-refractivity contribution < 1.29 is 23.9 Å². The quantitative estimate of drug-likeness (QED) is 0.364. The number of ether oxygens (including phenoxy) is 2. The predicted octanol–water partition coefficient (Wildman–Crippen LogP) is 4.61. The third-order valence-electron chi connectivity index (χ3n) is 5.10. The Balaban J connectivity index is 1.57. The van der Waals surface area contributed by atoms with Crippen LogP contribution in [0.3, 0.4) is 0 Å². The van der Waals surface area contributed by atoms with E-state index in [1.807, 2.05) is 6.07 Å². The Morgan fingerprint density at radius 1 is 0.724 bits per heavy atom. The molecule has 5 heteroatoms. The highest BCUT2D eigenvalue weighted by Gasteiger charge is 2.53. The molecule has 0 heterocycles. The van der Waals surface area contributed by atoms with Gasteiger partial charge in [0, 0.05) is 17.5 Å². The highest BCUT2D eigenvalue weighted by atomic mass is 16.7. The van der Waals surface area contributed by atoms with E-state index in [2.05, 4.69) is 0 Å². The molecule has 0 aliphatic heterocycles. The van der Waals surface area contributed by atoms with Gasteiger partial charge < -0.3 is 9.47 Å². The molecule has 4 rings (SSSR count). The fourth-order valence-corrected chi connectivity index (χ4v) is 3.70. The van der Waals surface area contributed by atoms with E-state index in [1.54, 1.807) is 78.9 Å². The van der Waals surface area contributed by atoms with E-state index in [4.69, 9.17) is 9.47 Å². The number of carbonyl (C=O) groups is 3. The van der Waals surface area contributed by atoms with Crippen LogP contribution in [0.4, 0.5) is 4.79 Å². The maximum Gasteiger partial charge on any atom is 0.513 e. The summed E-state index contributed by atoms with van der Waals surface area (Å²) in [7, 11) is 0. The summed E-state index contributed by atoms with van der Waals surface area (Å²) in [6.07, 6.45) is -0.845.